The maximum absolute atomic E-state index is 13.2. The normalized spacial score (nSPS) is 38.8. The van der Waals surface area contributed by atoms with E-state index in [4.69, 9.17) is 9.47 Å². The van der Waals surface area contributed by atoms with E-state index in [1.165, 1.54) is 0 Å². The summed E-state index contributed by atoms with van der Waals surface area (Å²) in [7, 11) is 0. The van der Waals surface area contributed by atoms with Crippen molar-refractivity contribution >= 4 is 11.8 Å². The second-order valence-corrected chi connectivity index (χ2v) is 7.14. The van der Waals surface area contributed by atoms with Crippen molar-refractivity contribution in [3.05, 3.63) is 34.7 Å². The number of H-pyrrole nitrogens is 1. The van der Waals surface area contributed by atoms with Crippen LogP contribution in [-0.2, 0) is 9.47 Å². The zero-order valence-corrected chi connectivity index (χ0v) is 13.2. The van der Waals surface area contributed by atoms with E-state index in [-0.39, 0.29) is 17.6 Å². The van der Waals surface area contributed by atoms with E-state index >= 15 is 0 Å². The summed E-state index contributed by atoms with van der Waals surface area (Å²) >= 11 is 0. The maximum atomic E-state index is 13.2. The minimum absolute atomic E-state index is 0.0258. The van der Waals surface area contributed by atoms with E-state index in [1.54, 1.807) is 6.92 Å². The van der Waals surface area contributed by atoms with Crippen molar-refractivity contribution in [3.8, 4) is 0 Å². The number of epoxide rings is 1. The van der Waals surface area contributed by atoms with Crippen LogP contribution in [0.25, 0.3) is 0 Å². The molecular formula is C18H19NO4. The highest BCUT2D eigenvalue weighted by molar-refractivity contribution is 6.14. The molecule has 5 atom stereocenters. The summed E-state index contributed by atoms with van der Waals surface area (Å²) in [6.07, 6.45) is 5.59. The number of nitrogens with one attached hydrogen (secondary N) is 1. The van der Waals surface area contributed by atoms with Crippen LogP contribution < -0.4 is 0 Å². The van der Waals surface area contributed by atoms with Gasteiger partial charge in [-0.1, -0.05) is 12.2 Å². The molecule has 0 aromatic carbocycles. The molecule has 120 valence electrons. The predicted molar refractivity (Wildman–Crippen MR) is 81.5 cm³/mol. The van der Waals surface area contributed by atoms with Crippen LogP contribution in [0.2, 0.25) is 0 Å². The van der Waals surface area contributed by atoms with Gasteiger partial charge in [0.1, 0.15) is 0 Å². The molecule has 1 saturated heterocycles. The standard InChI is InChI=1S/C18H19NO4/c1-3-22-17(21)11-8(2)19-15-12-9-4-5-10(6-9)14(12)18(7-23-18)16(20)13(11)15/h4-5,9-10,12,14,19H,3,6-7H2,1-2H3/t9-,10+,12-,14+,18+/m0/s1. The summed E-state index contributed by atoms with van der Waals surface area (Å²) in [5.74, 6) is 0.879. The van der Waals surface area contributed by atoms with E-state index in [2.05, 4.69) is 17.1 Å². The molecule has 5 rings (SSSR count). The fourth-order valence-corrected chi connectivity index (χ4v) is 5.21. The van der Waals surface area contributed by atoms with E-state index in [0.717, 1.165) is 17.8 Å². The van der Waals surface area contributed by atoms with Crippen LogP contribution in [0.15, 0.2) is 12.2 Å². The minimum atomic E-state index is -0.697. The highest BCUT2D eigenvalue weighted by atomic mass is 16.6. The molecule has 1 aromatic heterocycles. The molecular weight excluding hydrogens is 294 g/mol. The highest BCUT2D eigenvalue weighted by Crippen LogP contribution is 2.64. The summed E-state index contributed by atoms with van der Waals surface area (Å²) in [6, 6.07) is 0. The minimum Gasteiger partial charge on any atom is -0.462 e. The van der Waals surface area contributed by atoms with Gasteiger partial charge in [0.2, 0.25) is 0 Å². The largest absolute Gasteiger partial charge is 0.462 e. The van der Waals surface area contributed by atoms with Crippen molar-refractivity contribution in [3.63, 3.8) is 0 Å². The Morgan fingerprint density at radius 2 is 2.17 bits per heavy atom. The molecule has 2 heterocycles. The lowest BCUT2D eigenvalue weighted by molar-refractivity contribution is 0.0517. The number of Topliss-reactive ketones (excluding diaryl/α,β-unsaturated/α-hetero) is 1. The SMILES string of the molecule is CCOC(=O)c1c(C)[nH]c2c1C(=O)[C@@]1(CO1)[C@H]1[C@@H]2[C@H]2C=C[C@@H]1C2. The number of carbonyl (C=O) groups excluding carboxylic acids is 2. The third kappa shape index (κ3) is 1.47. The van der Waals surface area contributed by atoms with Gasteiger partial charge < -0.3 is 14.5 Å². The summed E-state index contributed by atoms with van der Waals surface area (Å²) in [5, 5.41) is 0. The Labute approximate surface area is 134 Å². The lowest BCUT2D eigenvalue weighted by Crippen LogP contribution is -2.44. The number of allylic oxidation sites excluding steroid dienone is 2. The second-order valence-electron chi connectivity index (χ2n) is 7.14. The number of carbonyl (C=O) groups is 2. The number of aromatic amines is 1. The zero-order valence-electron chi connectivity index (χ0n) is 13.2. The number of esters is 1. The number of rotatable bonds is 2. The number of hydrogen-bond donors (Lipinski definition) is 1. The van der Waals surface area contributed by atoms with Crippen LogP contribution in [0.4, 0.5) is 0 Å². The van der Waals surface area contributed by atoms with Gasteiger partial charge in [-0.25, -0.2) is 4.79 Å². The average Bonchev–Trinajstić information content (AvgIpc) is 2.89. The van der Waals surface area contributed by atoms with Crippen molar-refractivity contribution in [2.24, 2.45) is 17.8 Å². The number of aromatic nitrogens is 1. The number of fused-ring (bicyclic) bond motifs is 8. The first-order valence-corrected chi connectivity index (χ1v) is 8.35. The first-order chi connectivity index (χ1) is 11.1. The zero-order chi connectivity index (χ0) is 15.9. The fourth-order valence-electron chi connectivity index (χ4n) is 5.21. The third-order valence-electron chi connectivity index (χ3n) is 6.09. The maximum Gasteiger partial charge on any atom is 0.340 e. The first kappa shape index (κ1) is 13.5. The van der Waals surface area contributed by atoms with Gasteiger partial charge in [0.25, 0.3) is 0 Å². The second kappa shape index (κ2) is 4.15. The Hall–Kier alpha value is -1.88. The number of hydrogen-bond acceptors (Lipinski definition) is 4. The number of ether oxygens (including phenoxy) is 2. The average molecular weight is 313 g/mol. The molecule has 3 aliphatic carbocycles. The summed E-state index contributed by atoms with van der Waals surface area (Å²) in [6.45, 7) is 4.40. The van der Waals surface area contributed by atoms with Gasteiger partial charge in [0.05, 0.1) is 24.3 Å². The van der Waals surface area contributed by atoms with E-state index in [9.17, 15) is 9.59 Å². The topological polar surface area (TPSA) is 71.7 Å². The Morgan fingerprint density at radius 3 is 2.87 bits per heavy atom. The molecule has 0 unspecified atom stereocenters. The molecule has 1 spiro atoms. The van der Waals surface area contributed by atoms with Gasteiger partial charge in [-0.2, -0.15) is 0 Å². The molecule has 0 radical (unpaired) electrons. The van der Waals surface area contributed by atoms with E-state index < -0.39 is 11.6 Å². The quantitative estimate of drug-likeness (QED) is 0.517. The molecule has 5 heteroatoms. The first-order valence-electron chi connectivity index (χ1n) is 8.35. The van der Waals surface area contributed by atoms with Crippen LogP contribution in [0.3, 0.4) is 0 Å². The monoisotopic (exact) mass is 313 g/mol. The molecule has 2 bridgehead atoms. The molecule has 1 saturated carbocycles. The smallest absolute Gasteiger partial charge is 0.340 e. The Bertz CT molecular complexity index is 770. The summed E-state index contributed by atoms with van der Waals surface area (Å²) in [4.78, 5) is 28.9. The van der Waals surface area contributed by atoms with Crippen molar-refractivity contribution in [1.82, 2.24) is 4.98 Å². The summed E-state index contributed by atoms with van der Waals surface area (Å²) in [5.41, 5.74) is 1.90. The van der Waals surface area contributed by atoms with Gasteiger partial charge in [-0.15, -0.1) is 0 Å². The lowest BCUT2D eigenvalue weighted by Gasteiger charge is -2.36. The van der Waals surface area contributed by atoms with Crippen molar-refractivity contribution in [2.75, 3.05) is 13.2 Å². The van der Waals surface area contributed by atoms with Gasteiger partial charge in [0.15, 0.2) is 11.4 Å². The van der Waals surface area contributed by atoms with Crippen LogP contribution in [0.5, 0.6) is 0 Å². The Morgan fingerprint density at radius 1 is 1.43 bits per heavy atom. The molecule has 0 amide bonds. The third-order valence-corrected chi connectivity index (χ3v) is 6.09. The van der Waals surface area contributed by atoms with Gasteiger partial charge >= 0.3 is 5.97 Å². The highest BCUT2D eigenvalue weighted by Gasteiger charge is 2.69. The molecule has 1 aliphatic heterocycles. The van der Waals surface area contributed by atoms with Gasteiger partial charge in [-0.05, 0) is 32.1 Å². The Kier molecular flexibility index (Phi) is 2.44. The summed E-state index contributed by atoms with van der Waals surface area (Å²) < 4.78 is 10.9. The van der Waals surface area contributed by atoms with Crippen molar-refractivity contribution in [1.29, 1.82) is 0 Å². The molecule has 1 N–H and O–H groups in total. The van der Waals surface area contributed by atoms with Crippen molar-refractivity contribution in [2.45, 2.75) is 31.8 Å². The molecule has 4 aliphatic rings. The van der Waals surface area contributed by atoms with Crippen LogP contribution in [0, 0.1) is 24.7 Å². The van der Waals surface area contributed by atoms with E-state index in [1.807, 2.05) is 6.92 Å². The van der Waals surface area contributed by atoms with Crippen LogP contribution >= 0.6 is 0 Å². The molecule has 2 fully saturated rings. The Balaban J connectivity index is 1.72. The van der Waals surface area contributed by atoms with Crippen molar-refractivity contribution < 1.29 is 19.1 Å². The van der Waals surface area contributed by atoms with Gasteiger partial charge in [0, 0.05) is 23.2 Å². The lowest BCUT2D eigenvalue weighted by atomic mass is 9.65. The number of ketones is 1. The fraction of sp³-hybridized carbons (Fsp3) is 0.556. The van der Waals surface area contributed by atoms with Crippen LogP contribution in [0.1, 0.15) is 51.4 Å². The van der Waals surface area contributed by atoms with E-state index in [0.29, 0.717) is 36.2 Å². The predicted octanol–water partition coefficient (Wildman–Crippen LogP) is 2.37. The number of aryl methyl sites for hydroxylation is 1. The van der Waals surface area contributed by atoms with Crippen LogP contribution in [-0.4, -0.2) is 35.6 Å². The van der Waals surface area contributed by atoms with Gasteiger partial charge in [-0.3, -0.25) is 4.79 Å². The molecule has 1 aromatic rings. The molecule has 5 nitrogen and oxygen atoms in total. The molecule has 23 heavy (non-hydrogen) atoms.